The zero-order valence-corrected chi connectivity index (χ0v) is 10.1. The number of hydrogen-bond acceptors (Lipinski definition) is 3. The summed E-state index contributed by atoms with van der Waals surface area (Å²) in [6, 6.07) is -1.01. The van der Waals surface area contributed by atoms with Crippen LogP contribution in [-0.4, -0.2) is 59.0 Å². The fourth-order valence-corrected chi connectivity index (χ4v) is 1.89. The molecule has 1 amide bonds. The molecule has 92 valence electrons. The Morgan fingerprint density at radius 3 is 2.12 bits per heavy atom. The van der Waals surface area contributed by atoms with Gasteiger partial charge in [-0.15, -0.1) is 0 Å². The average molecular weight is 228 g/mol. The van der Waals surface area contributed by atoms with Gasteiger partial charge in [0, 0.05) is 13.1 Å². The van der Waals surface area contributed by atoms with E-state index in [0.717, 1.165) is 25.9 Å². The van der Waals surface area contributed by atoms with Crippen molar-refractivity contribution in [3.05, 3.63) is 0 Å². The van der Waals surface area contributed by atoms with Gasteiger partial charge in [0.2, 0.25) is 5.91 Å². The van der Waals surface area contributed by atoms with E-state index in [1.54, 1.807) is 25.8 Å². The number of likely N-dealkylation sites (tertiary alicyclic amines) is 1. The molecule has 0 aliphatic carbocycles. The zero-order valence-electron chi connectivity index (χ0n) is 10.1. The van der Waals surface area contributed by atoms with Crippen LogP contribution in [0.1, 0.15) is 26.7 Å². The van der Waals surface area contributed by atoms with Gasteiger partial charge < -0.3 is 10.0 Å². The normalized spacial score (nSPS) is 19.9. The number of likely N-dealkylation sites (N-methyl/N-ethyl adjacent to an activating group) is 1. The molecule has 5 heteroatoms. The lowest BCUT2D eigenvalue weighted by Gasteiger charge is -2.30. The van der Waals surface area contributed by atoms with E-state index < -0.39 is 12.0 Å². The molecule has 0 saturated carbocycles. The topological polar surface area (TPSA) is 60.9 Å². The molecular formula is C11H20N2O3. The van der Waals surface area contributed by atoms with Gasteiger partial charge in [-0.2, -0.15) is 0 Å². The van der Waals surface area contributed by atoms with Crippen molar-refractivity contribution < 1.29 is 14.7 Å². The minimum absolute atomic E-state index is 0.0353. The molecule has 0 spiro atoms. The van der Waals surface area contributed by atoms with Crippen molar-refractivity contribution in [2.24, 2.45) is 0 Å². The summed E-state index contributed by atoms with van der Waals surface area (Å²) < 4.78 is 0. The summed E-state index contributed by atoms with van der Waals surface area (Å²) >= 11 is 0. The van der Waals surface area contributed by atoms with Crippen molar-refractivity contribution in [1.29, 1.82) is 0 Å². The molecule has 2 atom stereocenters. The van der Waals surface area contributed by atoms with E-state index in [2.05, 4.69) is 0 Å². The highest BCUT2D eigenvalue weighted by atomic mass is 16.4. The van der Waals surface area contributed by atoms with E-state index in [-0.39, 0.29) is 11.9 Å². The van der Waals surface area contributed by atoms with E-state index in [9.17, 15) is 9.59 Å². The molecule has 0 aromatic carbocycles. The largest absolute Gasteiger partial charge is 0.480 e. The number of hydrogen-bond donors (Lipinski definition) is 1. The highest BCUT2D eigenvalue weighted by Gasteiger charge is 2.30. The maximum atomic E-state index is 12.0. The standard InChI is InChI=1S/C11H20N2O3/c1-8(12(3)9(2)11(15)16)10(14)13-6-4-5-7-13/h8-9H,4-7H2,1-3H3,(H,15,16). The average Bonchev–Trinajstić information content (AvgIpc) is 2.78. The van der Waals surface area contributed by atoms with Crippen LogP contribution >= 0.6 is 0 Å². The Bertz CT molecular complexity index is 274. The van der Waals surface area contributed by atoms with Gasteiger partial charge in [-0.05, 0) is 33.7 Å². The zero-order chi connectivity index (χ0) is 12.3. The molecule has 2 unspecified atom stereocenters. The van der Waals surface area contributed by atoms with Gasteiger partial charge in [0.1, 0.15) is 6.04 Å². The first-order valence-electron chi connectivity index (χ1n) is 5.68. The number of nitrogens with zero attached hydrogens (tertiary/aromatic N) is 2. The molecule has 0 aromatic heterocycles. The smallest absolute Gasteiger partial charge is 0.320 e. The van der Waals surface area contributed by atoms with Crippen LogP contribution in [0.5, 0.6) is 0 Å². The third-order valence-corrected chi connectivity index (χ3v) is 3.35. The predicted octanol–water partition coefficient (Wildman–Crippen LogP) is 0.402. The Hall–Kier alpha value is -1.10. The van der Waals surface area contributed by atoms with Crippen molar-refractivity contribution in [1.82, 2.24) is 9.80 Å². The van der Waals surface area contributed by atoms with Crippen LogP contribution in [0.3, 0.4) is 0 Å². The molecule has 0 bridgehead atoms. The number of amides is 1. The molecular weight excluding hydrogens is 208 g/mol. The number of rotatable bonds is 4. The van der Waals surface area contributed by atoms with Crippen molar-refractivity contribution in [2.45, 2.75) is 38.8 Å². The van der Waals surface area contributed by atoms with Gasteiger partial charge in [0.15, 0.2) is 0 Å². The van der Waals surface area contributed by atoms with Crippen molar-refractivity contribution >= 4 is 11.9 Å². The lowest BCUT2D eigenvalue weighted by Crippen LogP contribution is -2.49. The second kappa shape index (κ2) is 5.30. The molecule has 16 heavy (non-hydrogen) atoms. The third-order valence-electron chi connectivity index (χ3n) is 3.35. The summed E-state index contributed by atoms with van der Waals surface area (Å²) in [5, 5.41) is 8.88. The van der Waals surface area contributed by atoms with E-state index in [4.69, 9.17) is 5.11 Å². The highest BCUT2D eigenvalue weighted by molar-refractivity contribution is 5.83. The van der Waals surface area contributed by atoms with E-state index >= 15 is 0 Å². The molecule has 0 radical (unpaired) electrons. The van der Waals surface area contributed by atoms with Gasteiger partial charge in [-0.25, -0.2) is 0 Å². The summed E-state index contributed by atoms with van der Waals surface area (Å²) in [5.74, 6) is -0.864. The highest BCUT2D eigenvalue weighted by Crippen LogP contribution is 2.12. The van der Waals surface area contributed by atoms with Gasteiger partial charge in [0.25, 0.3) is 0 Å². The molecule has 1 aliphatic rings. The van der Waals surface area contributed by atoms with Crippen LogP contribution < -0.4 is 0 Å². The van der Waals surface area contributed by atoms with Crippen LogP contribution in [0.4, 0.5) is 0 Å². The van der Waals surface area contributed by atoms with Gasteiger partial charge in [-0.1, -0.05) is 0 Å². The summed E-state index contributed by atoms with van der Waals surface area (Å²) in [6.07, 6.45) is 2.10. The van der Waals surface area contributed by atoms with Gasteiger partial charge in [0.05, 0.1) is 6.04 Å². The number of carbonyl (C=O) groups is 2. The minimum atomic E-state index is -0.899. The van der Waals surface area contributed by atoms with Gasteiger partial charge >= 0.3 is 5.97 Å². The summed E-state index contributed by atoms with van der Waals surface area (Å²) in [7, 11) is 1.68. The molecule has 0 aromatic rings. The number of carboxylic acid groups (broad SMARTS) is 1. The first-order chi connectivity index (χ1) is 7.45. The Morgan fingerprint density at radius 2 is 1.69 bits per heavy atom. The van der Waals surface area contributed by atoms with E-state index in [1.165, 1.54) is 0 Å². The fraction of sp³-hybridized carbons (Fsp3) is 0.818. The number of carboxylic acids is 1. The Labute approximate surface area is 96.0 Å². The maximum absolute atomic E-state index is 12.0. The molecule has 1 rings (SSSR count). The maximum Gasteiger partial charge on any atom is 0.320 e. The van der Waals surface area contributed by atoms with Crippen molar-refractivity contribution in [3.8, 4) is 0 Å². The monoisotopic (exact) mass is 228 g/mol. The van der Waals surface area contributed by atoms with E-state index in [0.29, 0.717) is 0 Å². The third kappa shape index (κ3) is 2.72. The predicted molar refractivity (Wildman–Crippen MR) is 60.1 cm³/mol. The fourth-order valence-electron chi connectivity index (χ4n) is 1.89. The first-order valence-corrected chi connectivity index (χ1v) is 5.68. The number of carbonyl (C=O) groups excluding carboxylic acids is 1. The van der Waals surface area contributed by atoms with E-state index in [1.807, 2.05) is 4.90 Å². The Balaban J connectivity index is 2.58. The molecule has 1 heterocycles. The lowest BCUT2D eigenvalue weighted by molar-refractivity contribution is -0.145. The molecule has 1 aliphatic heterocycles. The summed E-state index contributed by atoms with van der Waals surface area (Å²) in [6.45, 7) is 4.97. The molecule has 5 nitrogen and oxygen atoms in total. The Morgan fingerprint density at radius 1 is 1.19 bits per heavy atom. The number of aliphatic carboxylic acids is 1. The second-order valence-corrected chi connectivity index (χ2v) is 4.39. The van der Waals surface area contributed by atoms with Gasteiger partial charge in [-0.3, -0.25) is 14.5 Å². The Kier molecular flexibility index (Phi) is 4.29. The summed E-state index contributed by atoms with van der Waals surface area (Å²) in [4.78, 5) is 26.2. The van der Waals surface area contributed by atoms with Crippen LogP contribution in [0, 0.1) is 0 Å². The van der Waals surface area contributed by atoms with Crippen LogP contribution in [-0.2, 0) is 9.59 Å². The second-order valence-electron chi connectivity index (χ2n) is 4.39. The van der Waals surface area contributed by atoms with Crippen molar-refractivity contribution in [3.63, 3.8) is 0 Å². The van der Waals surface area contributed by atoms with Crippen LogP contribution in [0.25, 0.3) is 0 Å². The minimum Gasteiger partial charge on any atom is -0.480 e. The lowest BCUT2D eigenvalue weighted by atomic mass is 10.2. The van der Waals surface area contributed by atoms with Crippen molar-refractivity contribution in [2.75, 3.05) is 20.1 Å². The molecule has 1 saturated heterocycles. The first kappa shape index (κ1) is 13.0. The van der Waals surface area contributed by atoms with Crippen LogP contribution in [0.2, 0.25) is 0 Å². The molecule has 1 N–H and O–H groups in total. The molecule has 1 fully saturated rings. The SMILES string of the molecule is CC(C(=O)O)N(C)C(C)C(=O)N1CCCC1. The summed E-state index contributed by atoms with van der Waals surface area (Å²) in [5.41, 5.74) is 0. The quantitative estimate of drug-likeness (QED) is 0.756. The van der Waals surface area contributed by atoms with Crippen LogP contribution in [0.15, 0.2) is 0 Å².